The third-order valence-corrected chi connectivity index (χ3v) is 1.48. The van der Waals surface area contributed by atoms with E-state index in [1.54, 1.807) is 12.1 Å². The summed E-state index contributed by atoms with van der Waals surface area (Å²) in [6.45, 7) is 0.673. The quantitative estimate of drug-likeness (QED) is 0.258. The molecule has 76 valence electrons. The number of nitrogens with two attached hydrogens (primary N) is 2. The molecule has 0 unspecified atom stereocenters. The zero-order chi connectivity index (χ0) is 10.4. The summed E-state index contributed by atoms with van der Waals surface area (Å²) in [7, 11) is 0. The molecule has 0 fully saturated rings. The summed E-state index contributed by atoms with van der Waals surface area (Å²) in [5, 5.41) is 7.11. The van der Waals surface area contributed by atoms with Crippen LogP contribution in [0, 0.1) is 5.41 Å². The second-order valence-electron chi connectivity index (χ2n) is 2.51. The van der Waals surface area contributed by atoms with Crippen molar-refractivity contribution >= 4 is 5.84 Å². The van der Waals surface area contributed by atoms with Gasteiger partial charge in [0.1, 0.15) is 30.5 Å². The largest absolute Gasteiger partial charge is 0.489 e. The molecule has 0 amide bonds. The van der Waals surface area contributed by atoms with Gasteiger partial charge < -0.3 is 15.3 Å². The summed E-state index contributed by atoms with van der Waals surface area (Å²) in [6, 6.07) is 3.29. The minimum absolute atomic E-state index is 0.0677. The van der Waals surface area contributed by atoms with Crippen molar-refractivity contribution in [3.05, 3.63) is 24.0 Å². The lowest BCUT2D eigenvalue weighted by Gasteiger charge is -2.04. The van der Waals surface area contributed by atoms with E-state index in [0.717, 1.165) is 0 Å². The van der Waals surface area contributed by atoms with Gasteiger partial charge in [-0.15, -0.1) is 0 Å². The average Bonchev–Trinajstić information content (AvgIpc) is 2.19. The predicted molar refractivity (Wildman–Crippen MR) is 50.9 cm³/mol. The lowest BCUT2D eigenvalue weighted by molar-refractivity contribution is 0.102. The number of aromatic nitrogens is 1. The Balaban J connectivity index is 2.51. The van der Waals surface area contributed by atoms with Crippen LogP contribution in [0.4, 0.5) is 0 Å². The SMILES string of the molecule is N=C(N)c1ccc(OCCON)cn1. The smallest absolute Gasteiger partial charge is 0.141 e. The first-order valence-corrected chi connectivity index (χ1v) is 3.99. The summed E-state index contributed by atoms with van der Waals surface area (Å²) in [6.07, 6.45) is 1.49. The van der Waals surface area contributed by atoms with Gasteiger partial charge in [0.2, 0.25) is 0 Å². The second kappa shape index (κ2) is 5.15. The Labute approximate surface area is 81.3 Å². The fourth-order valence-corrected chi connectivity index (χ4v) is 0.833. The highest BCUT2D eigenvalue weighted by atomic mass is 16.6. The highest BCUT2D eigenvalue weighted by Crippen LogP contribution is 2.08. The maximum absolute atomic E-state index is 7.11. The van der Waals surface area contributed by atoms with Crippen molar-refractivity contribution in [1.82, 2.24) is 4.98 Å². The van der Waals surface area contributed by atoms with E-state index in [0.29, 0.717) is 24.7 Å². The number of rotatable bonds is 5. The fraction of sp³-hybridized carbons (Fsp3) is 0.250. The zero-order valence-corrected chi connectivity index (χ0v) is 7.56. The summed E-state index contributed by atoms with van der Waals surface area (Å²) in [4.78, 5) is 8.24. The average molecular weight is 196 g/mol. The van der Waals surface area contributed by atoms with Crippen LogP contribution in [0.15, 0.2) is 18.3 Å². The lowest BCUT2D eigenvalue weighted by Crippen LogP contribution is -2.13. The van der Waals surface area contributed by atoms with Crippen LogP contribution in [0.2, 0.25) is 0 Å². The van der Waals surface area contributed by atoms with Crippen molar-refractivity contribution in [2.45, 2.75) is 0 Å². The van der Waals surface area contributed by atoms with Crippen LogP contribution in [-0.4, -0.2) is 24.0 Å². The number of ether oxygens (including phenoxy) is 1. The van der Waals surface area contributed by atoms with E-state index in [1.807, 2.05) is 0 Å². The molecular weight excluding hydrogens is 184 g/mol. The number of amidine groups is 1. The van der Waals surface area contributed by atoms with Gasteiger partial charge in [0.15, 0.2) is 0 Å². The summed E-state index contributed by atoms with van der Waals surface area (Å²) < 4.78 is 5.20. The van der Waals surface area contributed by atoms with E-state index < -0.39 is 0 Å². The van der Waals surface area contributed by atoms with Gasteiger partial charge in [-0.3, -0.25) is 5.41 Å². The van der Waals surface area contributed by atoms with Crippen LogP contribution < -0.4 is 16.4 Å². The lowest BCUT2D eigenvalue weighted by atomic mass is 10.3. The normalized spacial score (nSPS) is 9.79. The molecule has 0 aliphatic heterocycles. The molecule has 1 aromatic heterocycles. The molecule has 0 bridgehead atoms. The maximum Gasteiger partial charge on any atom is 0.141 e. The first kappa shape index (κ1) is 10.4. The summed E-state index contributed by atoms with van der Waals surface area (Å²) >= 11 is 0. The van der Waals surface area contributed by atoms with Crippen LogP contribution in [0.1, 0.15) is 5.69 Å². The third-order valence-electron chi connectivity index (χ3n) is 1.48. The number of nitrogens with zero attached hydrogens (tertiary/aromatic N) is 1. The third kappa shape index (κ3) is 3.00. The number of pyridine rings is 1. The van der Waals surface area contributed by atoms with Crippen molar-refractivity contribution in [1.29, 1.82) is 5.41 Å². The maximum atomic E-state index is 7.11. The number of hydrogen-bond donors (Lipinski definition) is 3. The minimum Gasteiger partial charge on any atom is -0.489 e. The zero-order valence-electron chi connectivity index (χ0n) is 7.56. The van der Waals surface area contributed by atoms with E-state index >= 15 is 0 Å². The Morgan fingerprint density at radius 3 is 2.71 bits per heavy atom. The summed E-state index contributed by atoms with van der Waals surface area (Å²) in [5.74, 6) is 5.34. The molecule has 0 aromatic carbocycles. The minimum atomic E-state index is -0.0677. The van der Waals surface area contributed by atoms with E-state index in [-0.39, 0.29) is 5.84 Å². The molecule has 6 nitrogen and oxygen atoms in total. The monoisotopic (exact) mass is 196 g/mol. The van der Waals surface area contributed by atoms with Crippen LogP contribution in [-0.2, 0) is 4.84 Å². The van der Waals surface area contributed by atoms with Crippen LogP contribution in [0.25, 0.3) is 0 Å². The molecule has 0 atom stereocenters. The van der Waals surface area contributed by atoms with Gasteiger partial charge in [-0.1, -0.05) is 0 Å². The van der Waals surface area contributed by atoms with E-state index in [4.69, 9.17) is 21.8 Å². The number of nitrogen functional groups attached to an aromatic ring is 1. The van der Waals surface area contributed by atoms with Gasteiger partial charge in [0.25, 0.3) is 0 Å². The molecule has 0 saturated heterocycles. The standard InChI is InChI=1S/C8H12N4O2/c9-8(10)7-2-1-6(5-12-7)13-3-4-14-11/h1-2,5H,3-4,11H2,(H3,9,10). The second-order valence-corrected chi connectivity index (χ2v) is 2.51. The predicted octanol–water partition coefficient (Wildman–Crippen LogP) is -0.365. The van der Waals surface area contributed by atoms with E-state index in [1.165, 1.54) is 6.20 Å². The molecule has 5 N–H and O–H groups in total. The van der Waals surface area contributed by atoms with Crippen molar-refractivity contribution < 1.29 is 9.57 Å². The Morgan fingerprint density at radius 1 is 1.43 bits per heavy atom. The molecule has 0 aliphatic rings. The Bertz CT molecular complexity index is 299. The summed E-state index contributed by atoms with van der Waals surface area (Å²) in [5.41, 5.74) is 5.65. The Hall–Kier alpha value is -1.66. The molecule has 1 rings (SSSR count). The highest BCUT2D eigenvalue weighted by molar-refractivity contribution is 5.92. The van der Waals surface area contributed by atoms with Gasteiger partial charge in [-0.2, -0.15) is 0 Å². The first-order chi connectivity index (χ1) is 6.74. The van der Waals surface area contributed by atoms with Crippen molar-refractivity contribution in [3.8, 4) is 5.75 Å². The van der Waals surface area contributed by atoms with Crippen molar-refractivity contribution in [2.75, 3.05) is 13.2 Å². The van der Waals surface area contributed by atoms with Gasteiger partial charge in [-0.25, -0.2) is 10.9 Å². The Morgan fingerprint density at radius 2 is 2.21 bits per heavy atom. The van der Waals surface area contributed by atoms with E-state index in [2.05, 4.69) is 9.82 Å². The van der Waals surface area contributed by atoms with Crippen molar-refractivity contribution in [3.63, 3.8) is 0 Å². The molecule has 0 saturated carbocycles. The molecule has 0 spiro atoms. The van der Waals surface area contributed by atoms with Crippen LogP contribution >= 0.6 is 0 Å². The van der Waals surface area contributed by atoms with Crippen LogP contribution in [0.3, 0.4) is 0 Å². The molecule has 1 aromatic rings. The first-order valence-electron chi connectivity index (χ1n) is 3.99. The van der Waals surface area contributed by atoms with Crippen molar-refractivity contribution in [2.24, 2.45) is 11.6 Å². The topological polar surface area (TPSA) is 107 Å². The van der Waals surface area contributed by atoms with Gasteiger partial charge in [-0.05, 0) is 12.1 Å². The Kier molecular flexibility index (Phi) is 3.84. The van der Waals surface area contributed by atoms with Gasteiger partial charge in [0.05, 0.1) is 6.20 Å². The molecule has 6 heteroatoms. The molecule has 1 heterocycles. The molecule has 0 radical (unpaired) electrons. The highest BCUT2D eigenvalue weighted by Gasteiger charge is 1.98. The number of nitrogens with one attached hydrogen (secondary N) is 1. The van der Waals surface area contributed by atoms with Gasteiger partial charge in [0, 0.05) is 0 Å². The van der Waals surface area contributed by atoms with Crippen LogP contribution in [0.5, 0.6) is 5.75 Å². The fourth-order valence-electron chi connectivity index (χ4n) is 0.833. The molecule has 14 heavy (non-hydrogen) atoms. The molecular formula is C8H12N4O2. The van der Waals surface area contributed by atoms with E-state index in [9.17, 15) is 0 Å². The number of hydrogen-bond acceptors (Lipinski definition) is 5. The van der Waals surface area contributed by atoms with Gasteiger partial charge >= 0.3 is 0 Å². The molecule has 0 aliphatic carbocycles.